The Bertz CT molecular complexity index is 1080. The number of fused-ring (bicyclic) bond motifs is 1. The van der Waals surface area contributed by atoms with Crippen molar-refractivity contribution in [2.24, 2.45) is 0 Å². The summed E-state index contributed by atoms with van der Waals surface area (Å²) in [5.74, 6) is -0.951. The van der Waals surface area contributed by atoms with E-state index in [0.29, 0.717) is 29.6 Å². The lowest BCUT2D eigenvalue weighted by atomic mass is 9.88. The van der Waals surface area contributed by atoms with Crippen LogP contribution in [-0.4, -0.2) is 27.9 Å². The van der Waals surface area contributed by atoms with E-state index in [1.54, 1.807) is 42.5 Å². The number of nitrogens with zero attached hydrogens (tertiary/aromatic N) is 2. The molecule has 1 heterocycles. The maximum atomic E-state index is 13.3. The number of hydrogen-bond donors (Lipinski definition) is 2. The number of carbonyl (C=O) groups excluding carboxylic acids is 1. The second-order valence-corrected chi connectivity index (χ2v) is 6.73. The van der Waals surface area contributed by atoms with Gasteiger partial charge in [0.05, 0.1) is 0 Å². The minimum Gasteiger partial charge on any atom is -0.352 e. The van der Waals surface area contributed by atoms with Crippen molar-refractivity contribution in [1.82, 2.24) is 20.7 Å². The number of hydrogen-bond acceptors (Lipinski definition) is 3. The number of carbonyl (C=O) groups is 1. The van der Waals surface area contributed by atoms with Crippen molar-refractivity contribution in [3.8, 4) is 0 Å². The van der Waals surface area contributed by atoms with Crippen molar-refractivity contribution in [1.29, 1.82) is 0 Å². The molecule has 1 aromatic heterocycles. The summed E-state index contributed by atoms with van der Waals surface area (Å²) >= 11 is 0. The highest BCUT2D eigenvalue weighted by atomic mass is 19.1. The summed E-state index contributed by atoms with van der Waals surface area (Å²) in [6.45, 7) is 0.398. The van der Waals surface area contributed by atoms with Crippen LogP contribution in [0.4, 0.5) is 8.78 Å². The Hall–Kier alpha value is -3.61. The molecule has 7 heteroatoms. The lowest BCUT2D eigenvalue weighted by Gasteiger charge is -2.18. The van der Waals surface area contributed by atoms with E-state index in [4.69, 9.17) is 0 Å². The van der Waals surface area contributed by atoms with Gasteiger partial charge in [-0.25, -0.2) is 8.78 Å². The fourth-order valence-corrected chi connectivity index (χ4v) is 3.33. The van der Waals surface area contributed by atoms with Gasteiger partial charge in [0.15, 0.2) is 0 Å². The average Bonchev–Trinajstić information content (AvgIpc) is 3.21. The Labute approximate surface area is 165 Å². The molecule has 0 unspecified atom stereocenters. The first-order valence-electron chi connectivity index (χ1n) is 9.20. The van der Waals surface area contributed by atoms with Gasteiger partial charge in [-0.2, -0.15) is 15.4 Å². The van der Waals surface area contributed by atoms with Crippen molar-refractivity contribution in [2.45, 2.75) is 12.3 Å². The van der Waals surface area contributed by atoms with Crippen molar-refractivity contribution in [3.63, 3.8) is 0 Å². The quantitative estimate of drug-likeness (QED) is 0.517. The second-order valence-electron chi connectivity index (χ2n) is 6.73. The summed E-state index contributed by atoms with van der Waals surface area (Å²) in [5, 5.41) is 13.4. The molecule has 0 spiro atoms. The molecule has 146 valence electrons. The molecule has 4 rings (SSSR count). The number of halogens is 2. The van der Waals surface area contributed by atoms with Crippen LogP contribution in [0.1, 0.15) is 33.8 Å². The SMILES string of the molecule is O=C(NCCC(c1ccc(F)cc1)c1ccc(F)cc1)c1ccc2n[nH]nc2c1. The molecular weight excluding hydrogens is 374 g/mol. The van der Waals surface area contributed by atoms with Crippen LogP contribution in [0.25, 0.3) is 11.0 Å². The normalized spacial score (nSPS) is 11.1. The van der Waals surface area contributed by atoms with Gasteiger partial charge < -0.3 is 5.32 Å². The topological polar surface area (TPSA) is 70.7 Å². The number of rotatable bonds is 6. The van der Waals surface area contributed by atoms with Crippen molar-refractivity contribution >= 4 is 16.9 Å². The van der Waals surface area contributed by atoms with Gasteiger partial charge in [0.25, 0.3) is 5.91 Å². The molecule has 0 aliphatic rings. The molecule has 0 atom stereocenters. The van der Waals surface area contributed by atoms with Crippen LogP contribution in [0.3, 0.4) is 0 Å². The molecule has 2 N–H and O–H groups in total. The van der Waals surface area contributed by atoms with Crippen LogP contribution in [0.2, 0.25) is 0 Å². The van der Waals surface area contributed by atoms with Gasteiger partial charge in [0.1, 0.15) is 22.7 Å². The Morgan fingerprint density at radius 1 is 0.862 bits per heavy atom. The van der Waals surface area contributed by atoms with Gasteiger partial charge in [-0.05, 0) is 60.0 Å². The Morgan fingerprint density at radius 2 is 1.45 bits per heavy atom. The van der Waals surface area contributed by atoms with Crippen LogP contribution in [0, 0.1) is 11.6 Å². The fourth-order valence-electron chi connectivity index (χ4n) is 3.33. The van der Waals surface area contributed by atoms with E-state index in [0.717, 1.165) is 11.1 Å². The largest absolute Gasteiger partial charge is 0.352 e. The molecule has 0 aliphatic heterocycles. The summed E-state index contributed by atoms with van der Waals surface area (Å²) in [6, 6.07) is 17.5. The number of aromatic amines is 1. The molecule has 0 saturated carbocycles. The van der Waals surface area contributed by atoms with E-state index >= 15 is 0 Å². The molecule has 0 radical (unpaired) electrons. The van der Waals surface area contributed by atoms with E-state index in [1.807, 2.05) is 0 Å². The highest BCUT2D eigenvalue weighted by Gasteiger charge is 2.16. The van der Waals surface area contributed by atoms with Gasteiger partial charge in [-0.1, -0.05) is 24.3 Å². The van der Waals surface area contributed by atoms with E-state index in [-0.39, 0.29) is 23.5 Å². The smallest absolute Gasteiger partial charge is 0.251 e. The third kappa shape index (κ3) is 4.29. The van der Waals surface area contributed by atoms with Crippen LogP contribution < -0.4 is 5.32 Å². The maximum absolute atomic E-state index is 13.3. The standard InChI is InChI=1S/C22H18F2N4O/c23-17-6-1-14(2-7-17)19(15-3-8-18(24)9-4-15)11-12-25-22(29)16-5-10-20-21(13-16)27-28-26-20/h1-10,13,19H,11-12H2,(H,25,29)(H,26,27,28). The highest BCUT2D eigenvalue weighted by molar-refractivity contribution is 5.97. The third-order valence-electron chi connectivity index (χ3n) is 4.84. The first kappa shape index (κ1) is 18.7. The van der Waals surface area contributed by atoms with Gasteiger partial charge in [-0.15, -0.1) is 0 Å². The van der Waals surface area contributed by atoms with Gasteiger partial charge in [0, 0.05) is 18.0 Å². The first-order chi connectivity index (χ1) is 14.1. The van der Waals surface area contributed by atoms with Gasteiger partial charge >= 0.3 is 0 Å². The van der Waals surface area contributed by atoms with Crippen LogP contribution >= 0.6 is 0 Å². The monoisotopic (exact) mass is 392 g/mol. The third-order valence-corrected chi connectivity index (χ3v) is 4.84. The predicted molar refractivity (Wildman–Crippen MR) is 105 cm³/mol. The van der Waals surface area contributed by atoms with E-state index in [1.165, 1.54) is 24.3 Å². The van der Waals surface area contributed by atoms with E-state index < -0.39 is 0 Å². The molecule has 4 aromatic rings. The van der Waals surface area contributed by atoms with Crippen molar-refractivity contribution < 1.29 is 13.6 Å². The number of amides is 1. The zero-order chi connectivity index (χ0) is 20.2. The summed E-state index contributed by atoms with van der Waals surface area (Å²) in [4.78, 5) is 12.5. The summed E-state index contributed by atoms with van der Waals surface area (Å²) < 4.78 is 26.6. The first-order valence-corrected chi connectivity index (χ1v) is 9.20. The molecule has 0 fully saturated rings. The second kappa shape index (κ2) is 8.18. The van der Waals surface area contributed by atoms with Crippen LogP contribution in [0.5, 0.6) is 0 Å². The summed E-state index contributed by atoms with van der Waals surface area (Å²) in [6.07, 6.45) is 0.579. The average molecular weight is 392 g/mol. The van der Waals surface area contributed by atoms with E-state index in [2.05, 4.69) is 20.7 Å². The van der Waals surface area contributed by atoms with E-state index in [9.17, 15) is 13.6 Å². The number of aromatic nitrogens is 3. The lowest BCUT2D eigenvalue weighted by Crippen LogP contribution is -2.25. The zero-order valence-corrected chi connectivity index (χ0v) is 15.4. The molecular formula is C22H18F2N4O. The Balaban J connectivity index is 1.47. The highest BCUT2D eigenvalue weighted by Crippen LogP contribution is 2.28. The van der Waals surface area contributed by atoms with Gasteiger partial charge in [0.2, 0.25) is 0 Å². The number of benzene rings is 3. The van der Waals surface area contributed by atoms with Crippen LogP contribution in [0.15, 0.2) is 66.7 Å². The summed E-state index contributed by atoms with van der Waals surface area (Å²) in [7, 11) is 0. The predicted octanol–water partition coefficient (Wildman–Crippen LogP) is 4.19. The molecule has 3 aromatic carbocycles. The Morgan fingerprint density at radius 3 is 2.07 bits per heavy atom. The van der Waals surface area contributed by atoms with Crippen molar-refractivity contribution in [3.05, 3.63) is 95.1 Å². The van der Waals surface area contributed by atoms with Crippen molar-refractivity contribution in [2.75, 3.05) is 6.54 Å². The zero-order valence-electron chi connectivity index (χ0n) is 15.4. The number of H-pyrrole nitrogens is 1. The molecule has 1 amide bonds. The molecule has 5 nitrogen and oxygen atoms in total. The summed E-state index contributed by atoms with van der Waals surface area (Å²) in [5.41, 5.74) is 3.60. The lowest BCUT2D eigenvalue weighted by molar-refractivity contribution is 0.0953. The number of nitrogens with one attached hydrogen (secondary N) is 2. The molecule has 29 heavy (non-hydrogen) atoms. The minimum absolute atomic E-state index is 0.102. The fraction of sp³-hybridized carbons (Fsp3) is 0.136. The minimum atomic E-state index is -0.317. The molecule has 0 bridgehead atoms. The maximum Gasteiger partial charge on any atom is 0.251 e. The molecule has 0 saturated heterocycles. The van der Waals surface area contributed by atoms with Gasteiger partial charge in [-0.3, -0.25) is 4.79 Å². The van der Waals surface area contributed by atoms with Crippen LogP contribution in [-0.2, 0) is 0 Å². The Kier molecular flexibility index (Phi) is 5.29. The molecule has 0 aliphatic carbocycles.